The predicted molar refractivity (Wildman–Crippen MR) is 83.7 cm³/mol. The number of carbonyl (C=O) groups is 1. The predicted octanol–water partition coefficient (Wildman–Crippen LogP) is 2.91. The molecule has 0 aliphatic rings. The van der Waals surface area contributed by atoms with Crippen LogP contribution >= 0.6 is 0 Å². The van der Waals surface area contributed by atoms with E-state index < -0.39 is 5.63 Å². The standard InChI is InChI=1S/C17H14N2O3/c1-2-19-11-12(10-18-19)7-8-15(20)14-9-13-5-3-4-6-16(13)22-17(14)21/h3-11H,2H2,1H3. The zero-order valence-corrected chi connectivity index (χ0v) is 12.0. The third kappa shape index (κ3) is 2.74. The molecule has 0 aliphatic carbocycles. The summed E-state index contributed by atoms with van der Waals surface area (Å²) in [5, 5.41) is 4.84. The van der Waals surface area contributed by atoms with E-state index in [9.17, 15) is 9.59 Å². The maximum atomic E-state index is 12.2. The van der Waals surface area contributed by atoms with Crippen molar-refractivity contribution in [3.8, 4) is 0 Å². The molecule has 0 radical (unpaired) electrons. The van der Waals surface area contributed by atoms with Crippen LogP contribution in [0.2, 0.25) is 0 Å². The van der Waals surface area contributed by atoms with E-state index in [1.807, 2.05) is 19.2 Å². The minimum absolute atomic E-state index is 0.0258. The van der Waals surface area contributed by atoms with Gasteiger partial charge in [-0.3, -0.25) is 9.48 Å². The Labute approximate surface area is 126 Å². The number of hydrogen-bond donors (Lipinski definition) is 0. The van der Waals surface area contributed by atoms with Gasteiger partial charge in [0.15, 0.2) is 5.78 Å². The highest BCUT2D eigenvalue weighted by Gasteiger charge is 2.11. The number of allylic oxidation sites excluding steroid dienone is 1. The number of nitrogens with zero attached hydrogens (tertiary/aromatic N) is 2. The number of aryl methyl sites for hydroxylation is 1. The maximum absolute atomic E-state index is 12.2. The molecule has 0 fully saturated rings. The quantitative estimate of drug-likeness (QED) is 0.421. The van der Waals surface area contributed by atoms with Crippen LogP contribution in [0.25, 0.3) is 17.0 Å². The first-order valence-electron chi connectivity index (χ1n) is 6.95. The molecular formula is C17H14N2O3. The molecule has 0 aliphatic heterocycles. The van der Waals surface area contributed by atoms with E-state index in [0.29, 0.717) is 5.58 Å². The molecule has 0 amide bonds. The molecule has 0 unspecified atom stereocenters. The molecule has 1 aromatic carbocycles. The van der Waals surface area contributed by atoms with Crippen LogP contribution < -0.4 is 5.63 Å². The van der Waals surface area contributed by atoms with Gasteiger partial charge in [-0.15, -0.1) is 0 Å². The van der Waals surface area contributed by atoms with E-state index in [4.69, 9.17) is 4.42 Å². The fourth-order valence-electron chi connectivity index (χ4n) is 2.13. The normalized spacial score (nSPS) is 11.3. The van der Waals surface area contributed by atoms with E-state index in [1.54, 1.807) is 41.2 Å². The van der Waals surface area contributed by atoms with Crippen LogP contribution in [0.3, 0.4) is 0 Å². The monoisotopic (exact) mass is 294 g/mol. The van der Waals surface area contributed by atoms with Gasteiger partial charge in [-0.05, 0) is 31.2 Å². The van der Waals surface area contributed by atoms with Crippen LogP contribution in [-0.2, 0) is 6.54 Å². The van der Waals surface area contributed by atoms with Crippen molar-refractivity contribution in [1.82, 2.24) is 9.78 Å². The molecule has 3 aromatic rings. The zero-order chi connectivity index (χ0) is 15.5. The number of benzene rings is 1. The van der Waals surface area contributed by atoms with Crippen LogP contribution in [0.15, 0.2) is 58.0 Å². The van der Waals surface area contributed by atoms with Gasteiger partial charge in [-0.1, -0.05) is 18.2 Å². The van der Waals surface area contributed by atoms with E-state index >= 15 is 0 Å². The highest BCUT2D eigenvalue weighted by molar-refractivity contribution is 6.07. The smallest absolute Gasteiger partial charge is 0.347 e. The van der Waals surface area contributed by atoms with Crippen molar-refractivity contribution in [3.05, 3.63) is 70.3 Å². The molecule has 0 atom stereocenters. The molecule has 5 nitrogen and oxygen atoms in total. The highest BCUT2D eigenvalue weighted by atomic mass is 16.4. The first-order valence-corrected chi connectivity index (χ1v) is 6.95. The Bertz CT molecular complexity index is 919. The van der Waals surface area contributed by atoms with Crippen molar-refractivity contribution >= 4 is 22.8 Å². The third-order valence-corrected chi connectivity index (χ3v) is 3.31. The van der Waals surface area contributed by atoms with Crippen molar-refractivity contribution in [1.29, 1.82) is 0 Å². The SMILES string of the molecule is CCn1cc(C=CC(=O)c2cc3ccccc3oc2=O)cn1. The zero-order valence-electron chi connectivity index (χ0n) is 12.0. The molecule has 2 heterocycles. The van der Waals surface area contributed by atoms with E-state index in [-0.39, 0.29) is 11.3 Å². The molecule has 0 bridgehead atoms. The largest absolute Gasteiger partial charge is 0.422 e. The lowest BCUT2D eigenvalue weighted by molar-refractivity contribution is 0.104. The number of rotatable bonds is 4. The Hall–Kier alpha value is -2.95. The lowest BCUT2D eigenvalue weighted by atomic mass is 10.1. The number of fused-ring (bicyclic) bond motifs is 1. The Balaban J connectivity index is 1.91. The minimum atomic E-state index is -0.627. The van der Waals surface area contributed by atoms with E-state index in [0.717, 1.165) is 17.5 Å². The first kappa shape index (κ1) is 14.0. The Morgan fingerprint density at radius 1 is 1.36 bits per heavy atom. The lowest BCUT2D eigenvalue weighted by Gasteiger charge is -1.98. The molecule has 3 rings (SSSR count). The number of ketones is 1. The summed E-state index contributed by atoms with van der Waals surface area (Å²) >= 11 is 0. The van der Waals surface area contributed by atoms with Gasteiger partial charge in [0.05, 0.1) is 6.20 Å². The molecule has 22 heavy (non-hydrogen) atoms. The summed E-state index contributed by atoms with van der Waals surface area (Å²) in [5.41, 5.74) is 0.674. The Morgan fingerprint density at radius 3 is 2.95 bits per heavy atom. The van der Waals surface area contributed by atoms with Crippen molar-refractivity contribution < 1.29 is 9.21 Å². The molecule has 2 aromatic heterocycles. The summed E-state index contributed by atoms with van der Waals surface area (Å²) in [6, 6.07) is 8.65. The van der Waals surface area contributed by atoms with Gasteiger partial charge in [0.2, 0.25) is 0 Å². The van der Waals surface area contributed by atoms with Gasteiger partial charge < -0.3 is 4.42 Å². The molecular weight excluding hydrogens is 280 g/mol. The summed E-state index contributed by atoms with van der Waals surface area (Å²) in [5.74, 6) is -0.385. The Kier molecular flexibility index (Phi) is 3.70. The highest BCUT2D eigenvalue weighted by Crippen LogP contribution is 2.13. The summed E-state index contributed by atoms with van der Waals surface area (Å²) in [7, 11) is 0. The van der Waals surface area contributed by atoms with Crippen LogP contribution in [0, 0.1) is 0 Å². The number of para-hydroxylation sites is 1. The molecule has 0 N–H and O–H groups in total. The molecule has 110 valence electrons. The van der Waals surface area contributed by atoms with Gasteiger partial charge in [-0.25, -0.2) is 4.79 Å². The number of hydrogen-bond acceptors (Lipinski definition) is 4. The fraction of sp³-hybridized carbons (Fsp3) is 0.118. The van der Waals surface area contributed by atoms with Crippen molar-refractivity contribution in [2.75, 3.05) is 0 Å². The molecule has 0 saturated carbocycles. The molecule has 5 heteroatoms. The summed E-state index contributed by atoms with van der Waals surface area (Å²) < 4.78 is 6.92. The second-order valence-corrected chi connectivity index (χ2v) is 4.81. The second-order valence-electron chi connectivity index (χ2n) is 4.81. The van der Waals surface area contributed by atoms with Crippen LogP contribution in [0.4, 0.5) is 0 Å². The molecule has 0 saturated heterocycles. The van der Waals surface area contributed by atoms with Crippen LogP contribution in [-0.4, -0.2) is 15.6 Å². The number of aromatic nitrogens is 2. The topological polar surface area (TPSA) is 65.1 Å². The van der Waals surface area contributed by atoms with Crippen molar-refractivity contribution in [2.24, 2.45) is 0 Å². The van der Waals surface area contributed by atoms with E-state index in [1.165, 1.54) is 6.08 Å². The van der Waals surface area contributed by atoms with Gasteiger partial charge in [0, 0.05) is 23.7 Å². The molecule has 0 spiro atoms. The number of carbonyl (C=O) groups excluding carboxylic acids is 1. The van der Waals surface area contributed by atoms with Gasteiger partial charge in [0.1, 0.15) is 11.1 Å². The van der Waals surface area contributed by atoms with Gasteiger partial charge >= 0.3 is 5.63 Å². The third-order valence-electron chi connectivity index (χ3n) is 3.31. The van der Waals surface area contributed by atoms with E-state index in [2.05, 4.69) is 5.10 Å². The lowest BCUT2D eigenvalue weighted by Crippen LogP contribution is -2.11. The van der Waals surface area contributed by atoms with Crippen molar-refractivity contribution in [3.63, 3.8) is 0 Å². The average Bonchev–Trinajstić information content (AvgIpc) is 3.00. The maximum Gasteiger partial charge on any atom is 0.347 e. The van der Waals surface area contributed by atoms with Crippen LogP contribution in [0.5, 0.6) is 0 Å². The first-order chi connectivity index (χ1) is 10.7. The Morgan fingerprint density at radius 2 is 2.18 bits per heavy atom. The summed E-state index contributed by atoms with van der Waals surface area (Å²) in [6.45, 7) is 2.74. The minimum Gasteiger partial charge on any atom is -0.422 e. The van der Waals surface area contributed by atoms with Crippen LogP contribution in [0.1, 0.15) is 22.8 Å². The summed E-state index contributed by atoms with van der Waals surface area (Å²) in [4.78, 5) is 24.1. The summed E-state index contributed by atoms with van der Waals surface area (Å²) in [6.07, 6.45) is 6.48. The second kappa shape index (κ2) is 5.81. The van der Waals surface area contributed by atoms with Gasteiger partial charge in [0.25, 0.3) is 0 Å². The van der Waals surface area contributed by atoms with Gasteiger partial charge in [-0.2, -0.15) is 5.10 Å². The fourth-order valence-corrected chi connectivity index (χ4v) is 2.13. The van der Waals surface area contributed by atoms with Crippen molar-refractivity contribution in [2.45, 2.75) is 13.5 Å². The average molecular weight is 294 g/mol.